The van der Waals surface area contributed by atoms with Gasteiger partial charge in [0, 0.05) is 15.4 Å². The number of amides is 1. The molecule has 1 N–H and O–H groups in total. The second-order valence-corrected chi connectivity index (χ2v) is 9.05. The molecule has 5 rings (SSSR count). The van der Waals surface area contributed by atoms with Crippen LogP contribution in [0.15, 0.2) is 54.6 Å². The molecule has 0 atom stereocenters. The van der Waals surface area contributed by atoms with Crippen LogP contribution in [0.5, 0.6) is 0 Å². The summed E-state index contributed by atoms with van der Waals surface area (Å²) in [6.45, 7) is 4.42. The summed E-state index contributed by atoms with van der Waals surface area (Å²) in [5.74, 6) is -0.270. The molecule has 0 saturated heterocycles. The predicted octanol–water partition coefficient (Wildman–Crippen LogP) is 6.10. The van der Waals surface area contributed by atoms with Gasteiger partial charge in [-0.2, -0.15) is 5.22 Å². The molecular weight excluding hydrogens is 501 g/mol. The Morgan fingerprint density at radius 1 is 1.03 bits per heavy atom. The first kappa shape index (κ1) is 31.6. The van der Waals surface area contributed by atoms with Crippen molar-refractivity contribution in [2.24, 2.45) is 5.92 Å². The molecule has 0 bridgehead atoms. The first-order valence-corrected chi connectivity index (χ1v) is 13.2. The molecule has 2 aromatic carbocycles. The van der Waals surface area contributed by atoms with Crippen LogP contribution in [0.4, 0.5) is 0 Å². The first-order valence-electron chi connectivity index (χ1n) is 10.9. The maximum Gasteiger partial charge on any atom is 2.00 e. The van der Waals surface area contributed by atoms with Crippen LogP contribution in [0, 0.1) is 5.92 Å². The van der Waals surface area contributed by atoms with Crippen molar-refractivity contribution in [3.63, 3.8) is 0 Å². The third kappa shape index (κ3) is 8.74. The maximum atomic E-state index is 10.5. The molecule has 0 heterocycles. The van der Waals surface area contributed by atoms with Gasteiger partial charge in [-0.15, -0.1) is 54.2 Å². The Morgan fingerprint density at radius 3 is 2.24 bits per heavy atom. The van der Waals surface area contributed by atoms with E-state index in [1.165, 1.54) is 39.1 Å². The van der Waals surface area contributed by atoms with Crippen molar-refractivity contribution >= 4 is 64.0 Å². The number of allylic oxidation sites excluding steroid dienone is 2. The molecule has 1 radical (unpaired) electrons. The normalized spacial score (nSPS) is 14.4. The van der Waals surface area contributed by atoms with Crippen molar-refractivity contribution in [2.75, 3.05) is 0 Å². The van der Waals surface area contributed by atoms with Crippen LogP contribution in [0.25, 0.3) is 29.5 Å². The van der Waals surface area contributed by atoms with Crippen molar-refractivity contribution in [1.29, 1.82) is 0 Å². The summed E-state index contributed by atoms with van der Waals surface area (Å²) in [5, 5.41) is 2.51. The Morgan fingerprint density at radius 2 is 1.67 bits per heavy atom. The number of fused-ring (bicyclic) bond motifs is 2. The Hall–Kier alpha value is -1.36. The van der Waals surface area contributed by atoms with Gasteiger partial charge in [-0.1, -0.05) is 98.1 Å². The molecule has 1 saturated carbocycles. The van der Waals surface area contributed by atoms with E-state index >= 15 is 0 Å². The second kappa shape index (κ2) is 16.3. The zero-order valence-corrected chi connectivity index (χ0v) is 23.6. The summed E-state index contributed by atoms with van der Waals surface area (Å²) in [5.41, 5.74) is 12.0. The van der Waals surface area contributed by atoms with E-state index in [4.69, 9.17) is 5.73 Å². The van der Waals surface area contributed by atoms with E-state index in [9.17, 15) is 4.79 Å². The summed E-state index contributed by atoms with van der Waals surface area (Å²) < 4.78 is 0. The fraction of sp³-hybridized carbons (Fsp3) is 0.296. The van der Waals surface area contributed by atoms with Crippen LogP contribution in [-0.4, -0.2) is 15.4 Å². The van der Waals surface area contributed by atoms with Crippen LogP contribution in [0.1, 0.15) is 48.8 Å². The molecule has 0 aromatic heterocycles. The number of carbonyl (C=O) groups excluding carboxylic acids is 1. The molecule has 1 amide bonds. The van der Waals surface area contributed by atoms with E-state index in [2.05, 4.69) is 79.9 Å². The van der Waals surface area contributed by atoms with E-state index < -0.39 is 0 Å². The molecule has 2 aromatic rings. The molecule has 0 unspecified atom stereocenters. The van der Waals surface area contributed by atoms with Crippen LogP contribution >= 0.6 is 24.8 Å². The number of carbonyl (C=O) groups is 1. The Balaban J connectivity index is 0.000000589. The Kier molecular flexibility index (Phi) is 15.6. The molecule has 33 heavy (non-hydrogen) atoms. The number of hydrogen-bond acceptors (Lipinski definition) is 1. The van der Waals surface area contributed by atoms with E-state index in [1.54, 1.807) is 0 Å². The van der Waals surface area contributed by atoms with Gasteiger partial charge in [0.05, 0.1) is 5.91 Å². The Bertz CT molecular complexity index is 1060. The summed E-state index contributed by atoms with van der Waals surface area (Å²) in [4.78, 5) is 10.5. The zero-order valence-electron chi connectivity index (χ0n) is 19.3. The van der Waals surface area contributed by atoms with Gasteiger partial charge in [-0.25, -0.2) is 0 Å². The quantitative estimate of drug-likeness (QED) is 0.340. The Labute approximate surface area is 228 Å². The summed E-state index contributed by atoms with van der Waals surface area (Å²) >= 11 is 0. The fourth-order valence-electron chi connectivity index (χ4n) is 3.97. The maximum absolute atomic E-state index is 10.5. The van der Waals surface area contributed by atoms with Gasteiger partial charge in [0.25, 0.3) is 0 Å². The molecule has 3 aliphatic rings. The van der Waals surface area contributed by atoms with Gasteiger partial charge in [0.15, 0.2) is 0 Å². The van der Waals surface area contributed by atoms with Crippen molar-refractivity contribution < 1.29 is 26.5 Å². The molecule has 173 valence electrons. The van der Waals surface area contributed by atoms with Crippen LogP contribution in [-0.2, 0) is 26.5 Å². The molecule has 2 nitrogen and oxygen atoms in total. The van der Waals surface area contributed by atoms with E-state index in [1.807, 2.05) is 6.07 Å². The summed E-state index contributed by atoms with van der Waals surface area (Å²) in [6, 6.07) is 15.0. The number of nitrogens with one attached hydrogen (secondary N) is 1. The van der Waals surface area contributed by atoms with Crippen LogP contribution in [0.3, 0.4) is 0 Å². The van der Waals surface area contributed by atoms with E-state index in [0.29, 0.717) is 0 Å². The largest absolute Gasteiger partial charge is 2.00 e. The molecule has 6 heteroatoms. The van der Waals surface area contributed by atoms with Gasteiger partial charge in [-0.3, -0.25) is 0 Å². The predicted molar refractivity (Wildman–Crippen MR) is 145 cm³/mol. The minimum atomic E-state index is -0.352. The van der Waals surface area contributed by atoms with Gasteiger partial charge >= 0.3 is 21.7 Å². The molecule has 3 aliphatic carbocycles. The van der Waals surface area contributed by atoms with E-state index in [0.717, 1.165) is 35.2 Å². The van der Waals surface area contributed by atoms with Crippen LogP contribution < -0.4 is 10.4 Å². The standard InChI is InChI=1S/C18H11.C7H13NO.C2H7Si.2ClH.Ti/c1-2-5-13(6-3-1)17-10-9-16-11-14-7-4-8-15(14)12-18(16)17;8-7(9)6-4-2-1-3-5-6;1-3-2;;;/h1-8,10-12H;6H,1-5H2,(H2,8,9);3H,1-2H3;2*1H;/q-1;;;;;+2/p-1. The average molecular weight is 533 g/mol. The summed E-state index contributed by atoms with van der Waals surface area (Å²) in [7, 11) is 0.750. The molecule has 1 fully saturated rings. The average Bonchev–Trinajstić information content (AvgIpc) is 3.40. The van der Waals surface area contributed by atoms with Crippen molar-refractivity contribution in [2.45, 2.75) is 45.2 Å². The minimum absolute atomic E-state index is 0. The zero-order chi connectivity index (χ0) is 21.3. The molecule has 0 spiro atoms. The van der Waals surface area contributed by atoms with Crippen molar-refractivity contribution in [3.05, 3.63) is 87.5 Å². The monoisotopic (exact) mass is 532 g/mol. The van der Waals surface area contributed by atoms with Gasteiger partial charge in [-0.05, 0) is 18.1 Å². The van der Waals surface area contributed by atoms with Crippen molar-refractivity contribution in [1.82, 2.24) is 0 Å². The number of rotatable bonds is 2. The smallest absolute Gasteiger partial charge is 0.668 e. The van der Waals surface area contributed by atoms with Crippen LogP contribution in [0.2, 0.25) is 13.1 Å². The van der Waals surface area contributed by atoms with Gasteiger partial charge in [0.1, 0.15) is 0 Å². The molecular formula is C27H32Cl2NOSiTi. The summed E-state index contributed by atoms with van der Waals surface area (Å²) in [6.07, 6.45) is 17.4. The van der Waals surface area contributed by atoms with Crippen molar-refractivity contribution in [3.8, 4) is 0 Å². The fourth-order valence-corrected chi connectivity index (χ4v) is 3.97. The minimum Gasteiger partial charge on any atom is -0.668 e. The van der Waals surface area contributed by atoms with Gasteiger partial charge in [0.2, 0.25) is 0 Å². The number of benzene rings is 2. The third-order valence-corrected chi connectivity index (χ3v) is 5.50. The first-order chi connectivity index (χ1) is 14.6. The third-order valence-electron chi connectivity index (χ3n) is 5.50. The SMILES string of the molecule is C[SiH]C.Cl.Cl.[C-]1=c2cc3c(cc2C(c2ccccc2)=C1)=CC=C3.[NH-]C(=O)C1CCCCC1.[Ti+2]. The number of hydrogen-bond donors (Lipinski definition) is 0. The topological polar surface area (TPSA) is 40.9 Å². The molecule has 0 aliphatic heterocycles. The van der Waals surface area contributed by atoms with E-state index in [-0.39, 0.29) is 58.4 Å². The number of halogens is 2. The second-order valence-electron chi connectivity index (χ2n) is 7.90. The van der Waals surface area contributed by atoms with Gasteiger partial charge < -0.3 is 10.5 Å².